The van der Waals surface area contributed by atoms with Crippen LogP contribution < -0.4 is 10.3 Å². The first-order chi connectivity index (χ1) is 16.5. The lowest BCUT2D eigenvalue weighted by Crippen LogP contribution is -2.26. The van der Waals surface area contributed by atoms with Crippen molar-refractivity contribution in [3.8, 4) is 17.1 Å². The maximum absolute atomic E-state index is 13.2. The Labute approximate surface area is 201 Å². The highest BCUT2D eigenvalue weighted by Gasteiger charge is 2.17. The molecule has 0 saturated heterocycles. The molecule has 0 aliphatic carbocycles. The van der Waals surface area contributed by atoms with Gasteiger partial charge in [-0.15, -0.1) is 0 Å². The molecule has 172 valence electrons. The maximum Gasteiger partial charge on any atom is 0.347 e. The summed E-state index contributed by atoms with van der Waals surface area (Å²) in [6.45, 7) is 3.59. The van der Waals surface area contributed by atoms with Crippen molar-refractivity contribution >= 4 is 34.7 Å². The summed E-state index contributed by atoms with van der Waals surface area (Å²) in [7, 11) is 0. The van der Waals surface area contributed by atoms with E-state index in [-0.39, 0.29) is 12.2 Å². The summed E-state index contributed by atoms with van der Waals surface area (Å²) in [6, 6.07) is 21.5. The van der Waals surface area contributed by atoms with E-state index in [1.807, 2.05) is 36.4 Å². The van der Waals surface area contributed by atoms with Gasteiger partial charge >= 0.3 is 5.97 Å². The van der Waals surface area contributed by atoms with Crippen LogP contribution in [-0.4, -0.2) is 34.6 Å². The van der Waals surface area contributed by atoms with Gasteiger partial charge in [-0.05, 0) is 49.7 Å². The number of hydrogen-bond donors (Lipinski definition) is 0. The third-order valence-corrected chi connectivity index (χ3v) is 5.28. The molecule has 4 aromatic rings. The molecule has 0 aliphatic rings. The van der Waals surface area contributed by atoms with E-state index in [4.69, 9.17) is 21.1 Å². The van der Waals surface area contributed by atoms with Crippen LogP contribution in [0.1, 0.15) is 19.4 Å². The number of nitrogens with zero attached hydrogens (tertiary/aromatic N) is 3. The summed E-state index contributed by atoms with van der Waals surface area (Å²) >= 11 is 6.35. The van der Waals surface area contributed by atoms with E-state index in [1.165, 1.54) is 10.9 Å². The number of ether oxygens (including phenoxy) is 2. The Hall–Kier alpha value is -3.97. The number of esters is 1. The van der Waals surface area contributed by atoms with Crippen LogP contribution in [-0.2, 0) is 9.53 Å². The van der Waals surface area contributed by atoms with Crippen LogP contribution in [0.25, 0.3) is 22.3 Å². The van der Waals surface area contributed by atoms with Gasteiger partial charge in [-0.1, -0.05) is 54.1 Å². The molecule has 8 heteroatoms. The molecule has 1 atom stereocenters. The molecular formula is C26H22ClN3O4. The van der Waals surface area contributed by atoms with Gasteiger partial charge in [0.15, 0.2) is 11.9 Å². The quantitative estimate of drug-likeness (QED) is 0.279. The predicted octanol–water partition coefficient (Wildman–Crippen LogP) is 4.93. The molecule has 0 N–H and O–H groups in total. The van der Waals surface area contributed by atoms with Gasteiger partial charge in [-0.2, -0.15) is 9.78 Å². The predicted molar refractivity (Wildman–Crippen MR) is 133 cm³/mol. The molecule has 0 fully saturated rings. The molecule has 0 bridgehead atoms. The van der Waals surface area contributed by atoms with Crippen molar-refractivity contribution in [2.45, 2.75) is 20.0 Å². The van der Waals surface area contributed by atoms with Crippen molar-refractivity contribution in [3.05, 3.63) is 93.7 Å². The molecule has 4 rings (SSSR count). The largest absolute Gasteiger partial charge is 0.477 e. The van der Waals surface area contributed by atoms with Crippen LogP contribution in [0.2, 0.25) is 5.02 Å². The Bertz CT molecular complexity index is 1420. The number of aromatic nitrogens is 2. The average Bonchev–Trinajstić information content (AvgIpc) is 2.85. The first-order valence-electron chi connectivity index (χ1n) is 10.7. The van der Waals surface area contributed by atoms with Crippen LogP contribution in [0.15, 0.2) is 82.7 Å². The molecule has 3 aromatic carbocycles. The summed E-state index contributed by atoms with van der Waals surface area (Å²) in [5.74, 6) is 0.296. The Balaban J connectivity index is 1.69. The molecule has 0 radical (unpaired) electrons. The zero-order valence-corrected chi connectivity index (χ0v) is 19.4. The zero-order valence-electron chi connectivity index (χ0n) is 18.6. The van der Waals surface area contributed by atoms with Crippen molar-refractivity contribution < 1.29 is 14.3 Å². The van der Waals surface area contributed by atoms with Crippen LogP contribution >= 0.6 is 11.6 Å². The van der Waals surface area contributed by atoms with Crippen molar-refractivity contribution in [2.24, 2.45) is 5.10 Å². The Morgan fingerprint density at radius 2 is 1.85 bits per heavy atom. The van der Waals surface area contributed by atoms with E-state index >= 15 is 0 Å². The number of fused-ring (bicyclic) bond motifs is 1. The monoisotopic (exact) mass is 475 g/mol. The molecule has 34 heavy (non-hydrogen) atoms. The fourth-order valence-corrected chi connectivity index (χ4v) is 3.55. The first kappa shape index (κ1) is 23.2. The van der Waals surface area contributed by atoms with E-state index in [0.717, 1.165) is 5.56 Å². The number of carbonyl (C=O) groups is 1. The Kier molecular flexibility index (Phi) is 7.04. The number of rotatable bonds is 7. The van der Waals surface area contributed by atoms with Gasteiger partial charge in [-0.3, -0.25) is 4.79 Å². The first-order valence-corrected chi connectivity index (χ1v) is 11.1. The number of para-hydroxylation sites is 1. The SMILES string of the molecule is CCOC(=O)[C@@H](C)Oc1ccc(C=Nn2c(-c3ccccc3)nc3ccccc3c2=O)cc1Cl. The van der Waals surface area contributed by atoms with Crippen LogP contribution in [0.3, 0.4) is 0 Å². The zero-order chi connectivity index (χ0) is 24.1. The lowest BCUT2D eigenvalue weighted by molar-refractivity contribution is -0.150. The van der Waals surface area contributed by atoms with Crippen molar-refractivity contribution in [1.82, 2.24) is 9.66 Å². The Morgan fingerprint density at radius 1 is 1.12 bits per heavy atom. The molecule has 0 amide bonds. The number of hydrogen-bond acceptors (Lipinski definition) is 6. The lowest BCUT2D eigenvalue weighted by atomic mass is 10.2. The van der Waals surface area contributed by atoms with Crippen LogP contribution in [0, 0.1) is 0 Å². The second kappa shape index (κ2) is 10.3. The maximum atomic E-state index is 13.2. The summed E-state index contributed by atoms with van der Waals surface area (Å²) < 4.78 is 11.8. The molecule has 1 heterocycles. The average molecular weight is 476 g/mol. The standard InChI is InChI=1S/C26H22ClN3O4/c1-3-33-26(32)17(2)34-23-14-13-18(15-21(23)27)16-28-30-24(19-9-5-4-6-10-19)29-22-12-8-7-11-20(22)25(30)31/h4-17H,3H2,1-2H3/t17-/m1/s1. The minimum atomic E-state index is -0.798. The van der Waals surface area contributed by atoms with Crippen LogP contribution in [0.4, 0.5) is 0 Å². The molecule has 7 nitrogen and oxygen atoms in total. The van der Waals surface area contributed by atoms with E-state index in [2.05, 4.69) is 10.1 Å². The number of benzene rings is 3. The third-order valence-electron chi connectivity index (χ3n) is 4.99. The van der Waals surface area contributed by atoms with Gasteiger partial charge in [0, 0.05) is 5.56 Å². The van der Waals surface area contributed by atoms with E-state index < -0.39 is 12.1 Å². The normalized spacial score (nSPS) is 12.1. The fourth-order valence-electron chi connectivity index (χ4n) is 3.32. The molecule has 0 spiro atoms. The van der Waals surface area contributed by atoms with Gasteiger partial charge in [0.1, 0.15) is 5.75 Å². The minimum absolute atomic E-state index is 0.267. The minimum Gasteiger partial charge on any atom is -0.477 e. The molecular weight excluding hydrogens is 454 g/mol. The van der Waals surface area contributed by atoms with Gasteiger partial charge < -0.3 is 9.47 Å². The Morgan fingerprint density at radius 3 is 2.59 bits per heavy atom. The van der Waals surface area contributed by atoms with Gasteiger partial charge in [-0.25, -0.2) is 9.78 Å². The van der Waals surface area contributed by atoms with Crippen molar-refractivity contribution in [3.63, 3.8) is 0 Å². The van der Waals surface area contributed by atoms with E-state index in [9.17, 15) is 9.59 Å². The molecule has 0 unspecified atom stereocenters. The second-order valence-electron chi connectivity index (χ2n) is 7.38. The third kappa shape index (κ3) is 5.00. The van der Waals surface area contributed by atoms with E-state index in [1.54, 1.807) is 50.2 Å². The molecule has 0 saturated carbocycles. The van der Waals surface area contributed by atoms with Crippen molar-refractivity contribution in [2.75, 3.05) is 6.61 Å². The summed E-state index contributed by atoms with van der Waals surface area (Å²) in [6.07, 6.45) is 0.724. The smallest absolute Gasteiger partial charge is 0.347 e. The highest BCUT2D eigenvalue weighted by Crippen LogP contribution is 2.26. The number of carbonyl (C=O) groups excluding carboxylic acids is 1. The van der Waals surface area contributed by atoms with E-state index in [0.29, 0.717) is 33.1 Å². The van der Waals surface area contributed by atoms with Gasteiger partial charge in [0.2, 0.25) is 0 Å². The van der Waals surface area contributed by atoms with Gasteiger partial charge in [0.05, 0.1) is 28.7 Å². The van der Waals surface area contributed by atoms with Crippen molar-refractivity contribution in [1.29, 1.82) is 0 Å². The summed E-state index contributed by atoms with van der Waals surface area (Å²) in [5.41, 5.74) is 1.71. The molecule has 1 aromatic heterocycles. The van der Waals surface area contributed by atoms with Gasteiger partial charge in [0.25, 0.3) is 5.56 Å². The fraction of sp³-hybridized carbons (Fsp3) is 0.154. The highest BCUT2D eigenvalue weighted by atomic mass is 35.5. The summed E-state index contributed by atoms with van der Waals surface area (Å²) in [5, 5.41) is 5.20. The van der Waals surface area contributed by atoms with Crippen LogP contribution in [0.5, 0.6) is 5.75 Å². The highest BCUT2D eigenvalue weighted by molar-refractivity contribution is 6.32. The number of halogens is 1. The topological polar surface area (TPSA) is 82.8 Å². The molecule has 0 aliphatic heterocycles. The lowest BCUT2D eigenvalue weighted by Gasteiger charge is -2.14. The second-order valence-corrected chi connectivity index (χ2v) is 7.79. The summed E-state index contributed by atoms with van der Waals surface area (Å²) in [4.78, 5) is 29.7.